The number of aldehydes is 1. The summed E-state index contributed by atoms with van der Waals surface area (Å²) in [6, 6.07) is 28.3. The third-order valence-electron chi connectivity index (χ3n) is 8.31. The molecule has 3 aromatic carbocycles. The van der Waals surface area contributed by atoms with E-state index in [1.54, 1.807) is 11.3 Å². The summed E-state index contributed by atoms with van der Waals surface area (Å²) >= 11 is 1.65. The molecule has 0 spiro atoms. The van der Waals surface area contributed by atoms with Gasteiger partial charge in [0.15, 0.2) is 0 Å². The fraction of sp³-hybridized carbons (Fsp3) is 0.371. The molecule has 1 heterocycles. The Hall–Kier alpha value is -3.28. The highest BCUT2D eigenvalue weighted by atomic mass is 32.1. The van der Waals surface area contributed by atoms with Crippen LogP contribution < -0.4 is 4.90 Å². The Morgan fingerprint density at radius 1 is 0.875 bits per heavy atom. The maximum atomic E-state index is 11.3. The van der Waals surface area contributed by atoms with Gasteiger partial charge in [0.2, 0.25) is 0 Å². The summed E-state index contributed by atoms with van der Waals surface area (Å²) in [7, 11) is 2.15. The van der Waals surface area contributed by atoms with Gasteiger partial charge in [0.25, 0.3) is 0 Å². The molecule has 0 saturated heterocycles. The number of aromatic nitrogens is 1. The number of hydrogen-bond donors (Lipinski definition) is 0. The lowest BCUT2D eigenvalue weighted by molar-refractivity contribution is -0.109. The highest BCUT2D eigenvalue weighted by Crippen LogP contribution is 2.42. The molecule has 0 radical (unpaired) electrons. The maximum absolute atomic E-state index is 11.3. The third-order valence-corrected chi connectivity index (χ3v) is 9.14. The first-order valence-electron chi connectivity index (χ1n) is 14.4. The SMILES string of the molecule is CN(Cc1ccc(C2CCC(C)(C)CC2)cc1)c1ccc(-c2csc(CN(CC=O)Cc3ccccc3)n2)cc1. The van der Waals surface area contributed by atoms with Gasteiger partial charge in [0.1, 0.15) is 11.3 Å². The van der Waals surface area contributed by atoms with Crippen molar-refractivity contribution in [2.45, 2.75) is 65.1 Å². The zero-order valence-electron chi connectivity index (χ0n) is 24.1. The second kappa shape index (κ2) is 12.9. The molecule has 40 heavy (non-hydrogen) atoms. The first-order chi connectivity index (χ1) is 19.4. The topological polar surface area (TPSA) is 36.4 Å². The van der Waals surface area contributed by atoms with Crippen LogP contribution in [-0.2, 0) is 24.4 Å². The van der Waals surface area contributed by atoms with Crippen LogP contribution >= 0.6 is 11.3 Å². The van der Waals surface area contributed by atoms with Crippen LogP contribution in [0.4, 0.5) is 5.69 Å². The lowest BCUT2D eigenvalue weighted by Crippen LogP contribution is -2.24. The standard InChI is InChI=1S/C35H41N3OS/c1-35(2)19-17-30(18-20-35)29-11-9-28(10-12-29)23-37(3)32-15-13-31(14-16-32)33-26-40-34(36-33)25-38(21-22-39)24-27-7-5-4-6-8-27/h4-16,22,26,30H,17-21,23-25H2,1-3H3. The van der Waals surface area contributed by atoms with Crippen molar-refractivity contribution in [2.75, 3.05) is 18.5 Å². The van der Waals surface area contributed by atoms with Crippen molar-refractivity contribution in [1.29, 1.82) is 0 Å². The lowest BCUT2D eigenvalue weighted by atomic mass is 9.71. The van der Waals surface area contributed by atoms with E-state index in [0.717, 1.165) is 41.6 Å². The first-order valence-corrected chi connectivity index (χ1v) is 15.3. The van der Waals surface area contributed by atoms with Crippen LogP contribution in [0.3, 0.4) is 0 Å². The molecule has 0 aliphatic heterocycles. The van der Waals surface area contributed by atoms with E-state index in [-0.39, 0.29) is 0 Å². The molecule has 0 bridgehead atoms. The minimum absolute atomic E-state index is 0.395. The average molecular weight is 552 g/mol. The molecule has 1 aliphatic rings. The minimum Gasteiger partial charge on any atom is -0.370 e. The molecule has 1 aliphatic carbocycles. The first kappa shape index (κ1) is 28.3. The molecule has 5 rings (SSSR count). The predicted octanol–water partition coefficient (Wildman–Crippen LogP) is 8.33. The van der Waals surface area contributed by atoms with Crippen molar-refractivity contribution in [3.8, 4) is 11.3 Å². The molecule has 1 saturated carbocycles. The summed E-state index contributed by atoms with van der Waals surface area (Å²) in [4.78, 5) is 20.6. The van der Waals surface area contributed by atoms with Crippen LogP contribution in [0.25, 0.3) is 11.3 Å². The Morgan fingerprint density at radius 3 is 2.23 bits per heavy atom. The fourth-order valence-corrected chi connectivity index (χ4v) is 6.56. The van der Waals surface area contributed by atoms with Crippen LogP contribution in [0.1, 0.15) is 67.1 Å². The van der Waals surface area contributed by atoms with Crippen LogP contribution in [0, 0.1) is 5.41 Å². The minimum atomic E-state index is 0.395. The molecule has 0 unspecified atom stereocenters. The summed E-state index contributed by atoms with van der Waals surface area (Å²) in [6.07, 6.45) is 6.24. The van der Waals surface area contributed by atoms with E-state index in [2.05, 4.69) is 96.7 Å². The van der Waals surface area contributed by atoms with Gasteiger partial charge in [-0.3, -0.25) is 4.90 Å². The zero-order valence-corrected chi connectivity index (χ0v) is 24.9. The molecule has 5 heteroatoms. The number of benzene rings is 3. The van der Waals surface area contributed by atoms with E-state index < -0.39 is 0 Å². The van der Waals surface area contributed by atoms with Gasteiger partial charge in [0, 0.05) is 36.8 Å². The second-order valence-corrected chi connectivity index (χ2v) is 13.0. The van der Waals surface area contributed by atoms with Crippen LogP contribution in [-0.4, -0.2) is 29.8 Å². The van der Waals surface area contributed by atoms with Gasteiger partial charge in [-0.2, -0.15) is 0 Å². The molecule has 0 atom stereocenters. The van der Waals surface area contributed by atoms with Crippen molar-refractivity contribution >= 4 is 23.3 Å². The van der Waals surface area contributed by atoms with Gasteiger partial charge in [-0.1, -0.05) is 80.6 Å². The Bertz CT molecular complexity index is 1350. The second-order valence-electron chi connectivity index (χ2n) is 12.0. The van der Waals surface area contributed by atoms with E-state index in [1.807, 2.05) is 18.2 Å². The highest BCUT2D eigenvalue weighted by molar-refractivity contribution is 7.09. The average Bonchev–Trinajstić information content (AvgIpc) is 3.43. The van der Waals surface area contributed by atoms with Crippen molar-refractivity contribution in [2.24, 2.45) is 5.41 Å². The quantitative estimate of drug-likeness (QED) is 0.176. The number of anilines is 1. The number of thiazole rings is 1. The Balaban J connectivity index is 1.17. The van der Waals surface area contributed by atoms with Gasteiger partial charge in [-0.05, 0) is 65.8 Å². The van der Waals surface area contributed by atoms with Gasteiger partial charge in [-0.15, -0.1) is 11.3 Å². The predicted molar refractivity (Wildman–Crippen MR) is 168 cm³/mol. The number of carbonyl (C=O) groups is 1. The normalized spacial score (nSPS) is 15.3. The molecule has 0 amide bonds. The Labute approximate surface area is 243 Å². The van der Waals surface area contributed by atoms with Gasteiger partial charge < -0.3 is 9.69 Å². The number of nitrogens with zero attached hydrogens (tertiary/aromatic N) is 3. The fourth-order valence-electron chi connectivity index (χ4n) is 5.72. The molecular weight excluding hydrogens is 510 g/mol. The molecule has 4 nitrogen and oxygen atoms in total. The zero-order chi connectivity index (χ0) is 28.0. The Kier molecular flexibility index (Phi) is 9.13. The largest absolute Gasteiger partial charge is 0.370 e. The number of hydrogen-bond acceptors (Lipinski definition) is 5. The molecule has 208 valence electrons. The summed E-state index contributed by atoms with van der Waals surface area (Å²) in [5.74, 6) is 0.718. The Morgan fingerprint density at radius 2 is 1.55 bits per heavy atom. The third kappa shape index (κ3) is 7.47. The summed E-state index contributed by atoms with van der Waals surface area (Å²) in [6.45, 7) is 7.48. The van der Waals surface area contributed by atoms with E-state index in [4.69, 9.17) is 4.98 Å². The van der Waals surface area contributed by atoms with Crippen LogP contribution in [0.2, 0.25) is 0 Å². The molecular formula is C35H41N3OS. The molecule has 1 fully saturated rings. The maximum Gasteiger partial charge on any atom is 0.134 e. The molecule has 4 aromatic rings. The van der Waals surface area contributed by atoms with Crippen molar-refractivity contribution < 1.29 is 4.79 Å². The van der Waals surface area contributed by atoms with E-state index in [1.165, 1.54) is 48.1 Å². The van der Waals surface area contributed by atoms with Crippen molar-refractivity contribution in [3.63, 3.8) is 0 Å². The van der Waals surface area contributed by atoms with Gasteiger partial charge >= 0.3 is 0 Å². The molecule has 0 N–H and O–H groups in total. The van der Waals surface area contributed by atoms with E-state index in [0.29, 0.717) is 18.5 Å². The van der Waals surface area contributed by atoms with Gasteiger partial charge in [-0.25, -0.2) is 4.98 Å². The summed E-state index contributed by atoms with van der Waals surface area (Å²) in [5.41, 5.74) is 7.85. The van der Waals surface area contributed by atoms with Crippen molar-refractivity contribution in [3.05, 3.63) is 106 Å². The number of rotatable bonds is 11. The highest BCUT2D eigenvalue weighted by Gasteiger charge is 2.27. The van der Waals surface area contributed by atoms with Crippen LogP contribution in [0.5, 0.6) is 0 Å². The van der Waals surface area contributed by atoms with Gasteiger partial charge in [0.05, 0.1) is 18.8 Å². The lowest BCUT2D eigenvalue weighted by Gasteiger charge is -2.34. The summed E-state index contributed by atoms with van der Waals surface area (Å²) in [5, 5.41) is 3.14. The smallest absolute Gasteiger partial charge is 0.134 e. The van der Waals surface area contributed by atoms with Crippen molar-refractivity contribution in [1.82, 2.24) is 9.88 Å². The van der Waals surface area contributed by atoms with E-state index >= 15 is 0 Å². The van der Waals surface area contributed by atoms with Crippen LogP contribution in [0.15, 0.2) is 84.2 Å². The molecule has 1 aromatic heterocycles. The summed E-state index contributed by atoms with van der Waals surface area (Å²) < 4.78 is 0. The van der Waals surface area contributed by atoms with E-state index in [9.17, 15) is 4.79 Å². The monoisotopic (exact) mass is 551 g/mol. The number of carbonyl (C=O) groups excluding carboxylic acids is 1.